The topological polar surface area (TPSA) is 32.3 Å². The molecule has 0 saturated carbocycles. The molecule has 1 aromatic rings. The predicted octanol–water partition coefficient (Wildman–Crippen LogP) is 3.32. The van der Waals surface area contributed by atoms with Gasteiger partial charge >= 0.3 is 0 Å². The van der Waals surface area contributed by atoms with E-state index in [1.54, 1.807) is 12.1 Å². The van der Waals surface area contributed by atoms with Crippen LogP contribution in [0.4, 0.5) is 0 Å². The molecule has 0 atom stereocenters. The first-order chi connectivity index (χ1) is 9.16. The van der Waals surface area contributed by atoms with Crippen molar-refractivity contribution >= 4 is 33.4 Å². The zero-order valence-electron chi connectivity index (χ0n) is 10.8. The van der Waals surface area contributed by atoms with Gasteiger partial charge in [-0.15, -0.1) is 0 Å². The van der Waals surface area contributed by atoms with Crippen molar-refractivity contribution in [2.45, 2.75) is 19.3 Å². The summed E-state index contributed by atoms with van der Waals surface area (Å²) in [4.78, 5) is 14.4. The van der Waals surface area contributed by atoms with Crippen molar-refractivity contribution in [1.82, 2.24) is 10.2 Å². The quantitative estimate of drug-likeness (QED) is 0.908. The largest absolute Gasteiger partial charge is 0.351 e. The number of carbonyl (C=O) groups excluding carboxylic acids is 1. The summed E-state index contributed by atoms with van der Waals surface area (Å²) in [6.07, 6.45) is 3.87. The van der Waals surface area contributed by atoms with E-state index in [4.69, 9.17) is 11.6 Å². The van der Waals surface area contributed by atoms with Gasteiger partial charge in [-0.2, -0.15) is 0 Å². The third kappa shape index (κ3) is 4.48. The predicted molar refractivity (Wildman–Crippen MR) is 81.8 cm³/mol. The fraction of sp³-hybridized carbons (Fsp3) is 0.500. The van der Waals surface area contributed by atoms with E-state index >= 15 is 0 Å². The van der Waals surface area contributed by atoms with Crippen LogP contribution in [0, 0.1) is 0 Å². The summed E-state index contributed by atoms with van der Waals surface area (Å²) in [6.45, 7) is 3.88. The third-order valence-electron chi connectivity index (χ3n) is 3.34. The molecule has 0 radical (unpaired) electrons. The van der Waals surface area contributed by atoms with Gasteiger partial charge in [0.2, 0.25) is 0 Å². The van der Waals surface area contributed by atoms with Crippen molar-refractivity contribution in [3.8, 4) is 0 Å². The van der Waals surface area contributed by atoms with Crippen molar-refractivity contribution in [3.63, 3.8) is 0 Å². The molecule has 0 bridgehead atoms. The van der Waals surface area contributed by atoms with Crippen molar-refractivity contribution in [3.05, 3.63) is 33.3 Å². The van der Waals surface area contributed by atoms with E-state index in [1.807, 2.05) is 6.07 Å². The molecule has 3 nitrogen and oxygen atoms in total. The Labute approximate surface area is 127 Å². The number of nitrogens with one attached hydrogen (secondary N) is 1. The number of carbonyl (C=O) groups is 1. The third-order valence-corrected chi connectivity index (χ3v) is 4.16. The summed E-state index contributed by atoms with van der Waals surface area (Å²) in [5, 5.41) is 3.41. The van der Waals surface area contributed by atoms with Crippen LogP contribution in [0.25, 0.3) is 0 Å². The van der Waals surface area contributed by atoms with E-state index in [-0.39, 0.29) is 5.91 Å². The monoisotopic (exact) mass is 344 g/mol. The van der Waals surface area contributed by atoms with Gasteiger partial charge in [0.25, 0.3) is 5.91 Å². The van der Waals surface area contributed by atoms with Gasteiger partial charge < -0.3 is 10.2 Å². The van der Waals surface area contributed by atoms with Gasteiger partial charge in [0, 0.05) is 17.6 Å². The normalized spacial score (nSPS) is 16.3. The molecule has 0 unspecified atom stereocenters. The second-order valence-electron chi connectivity index (χ2n) is 4.78. The van der Waals surface area contributed by atoms with Gasteiger partial charge in [-0.3, -0.25) is 4.79 Å². The van der Waals surface area contributed by atoms with E-state index in [0.29, 0.717) is 17.1 Å². The fourth-order valence-electron chi connectivity index (χ4n) is 2.28. The van der Waals surface area contributed by atoms with Gasteiger partial charge in [0.05, 0.1) is 10.6 Å². The Morgan fingerprint density at radius 1 is 1.32 bits per heavy atom. The van der Waals surface area contributed by atoms with Crippen molar-refractivity contribution < 1.29 is 4.79 Å². The highest BCUT2D eigenvalue weighted by atomic mass is 79.9. The Balaban J connectivity index is 1.82. The van der Waals surface area contributed by atoms with E-state index in [1.165, 1.54) is 19.3 Å². The highest BCUT2D eigenvalue weighted by Gasteiger charge is 2.12. The number of hydrogen-bond donors (Lipinski definition) is 1. The number of benzene rings is 1. The van der Waals surface area contributed by atoms with E-state index in [9.17, 15) is 4.79 Å². The Hall–Kier alpha value is -0.580. The first-order valence-corrected chi connectivity index (χ1v) is 7.79. The van der Waals surface area contributed by atoms with Gasteiger partial charge in [0.15, 0.2) is 0 Å². The second-order valence-corrected chi connectivity index (χ2v) is 6.11. The maximum atomic E-state index is 12.0. The Morgan fingerprint density at radius 2 is 2.05 bits per heavy atom. The first-order valence-electron chi connectivity index (χ1n) is 6.62. The molecule has 0 aliphatic carbocycles. The molecule has 1 saturated heterocycles. The molecule has 1 fully saturated rings. The Kier molecular flexibility index (Phi) is 5.67. The van der Waals surface area contributed by atoms with Crippen LogP contribution in [-0.2, 0) is 0 Å². The van der Waals surface area contributed by atoms with Crippen LogP contribution in [0.1, 0.15) is 29.6 Å². The minimum absolute atomic E-state index is 0.108. The minimum Gasteiger partial charge on any atom is -0.351 e. The zero-order valence-corrected chi connectivity index (χ0v) is 13.1. The van der Waals surface area contributed by atoms with Crippen LogP contribution >= 0.6 is 27.5 Å². The van der Waals surface area contributed by atoms with Crippen molar-refractivity contribution in [2.75, 3.05) is 26.2 Å². The van der Waals surface area contributed by atoms with Gasteiger partial charge in [-0.1, -0.05) is 34.0 Å². The summed E-state index contributed by atoms with van der Waals surface area (Å²) in [7, 11) is 0. The van der Waals surface area contributed by atoms with Crippen LogP contribution in [0.3, 0.4) is 0 Å². The summed E-state index contributed by atoms with van der Waals surface area (Å²) < 4.78 is 0.859. The molecule has 1 aliphatic heterocycles. The van der Waals surface area contributed by atoms with Gasteiger partial charge in [0.1, 0.15) is 0 Å². The average Bonchev–Trinajstić information content (AvgIpc) is 2.42. The number of amides is 1. The van der Waals surface area contributed by atoms with Crippen LogP contribution in [-0.4, -0.2) is 37.0 Å². The second kappa shape index (κ2) is 7.27. The molecule has 1 N–H and O–H groups in total. The Morgan fingerprint density at radius 3 is 2.79 bits per heavy atom. The zero-order chi connectivity index (χ0) is 13.7. The van der Waals surface area contributed by atoms with Crippen LogP contribution in [0.2, 0.25) is 5.02 Å². The summed E-state index contributed by atoms with van der Waals surface area (Å²) >= 11 is 9.38. The lowest BCUT2D eigenvalue weighted by atomic mass is 10.1. The van der Waals surface area contributed by atoms with Gasteiger partial charge in [-0.05, 0) is 44.1 Å². The van der Waals surface area contributed by atoms with Crippen LogP contribution in [0.5, 0.6) is 0 Å². The highest BCUT2D eigenvalue weighted by Crippen LogP contribution is 2.20. The molecule has 104 valence electrons. The molecular weight excluding hydrogens is 328 g/mol. The van der Waals surface area contributed by atoms with Gasteiger partial charge in [-0.25, -0.2) is 0 Å². The molecule has 5 heteroatoms. The maximum Gasteiger partial charge on any atom is 0.252 e. The molecule has 0 aromatic heterocycles. The lowest BCUT2D eigenvalue weighted by molar-refractivity contribution is 0.0946. The summed E-state index contributed by atoms with van der Waals surface area (Å²) in [5.41, 5.74) is 0.523. The van der Waals surface area contributed by atoms with E-state index in [2.05, 4.69) is 26.1 Å². The lowest BCUT2D eigenvalue weighted by Crippen LogP contribution is -2.37. The number of rotatable bonds is 4. The number of hydrogen-bond acceptors (Lipinski definition) is 2. The first kappa shape index (κ1) is 14.8. The summed E-state index contributed by atoms with van der Waals surface area (Å²) in [5.74, 6) is -0.108. The molecule has 1 amide bonds. The molecule has 1 aliphatic rings. The van der Waals surface area contributed by atoms with Crippen molar-refractivity contribution in [2.24, 2.45) is 0 Å². The smallest absolute Gasteiger partial charge is 0.252 e. The molecule has 1 heterocycles. The SMILES string of the molecule is O=C(NCCN1CCCCC1)c1cc(Br)ccc1Cl. The summed E-state index contributed by atoms with van der Waals surface area (Å²) in [6, 6.07) is 5.30. The lowest BCUT2D eigenvalue weighted by Gasteiger charge is -2.26. The van der Waals surface area contributed by atoms with E-state index < -0.39 is 0 Å². The molecule has 2 rings (SSSR count). The highest BCUT2D eigenvalue weighted by molar-refractivity contribution is 9.10. The molecule has 1 aromatic carbocycles. The number of nitrogens with zero attached hydrogens (tertiary/aromatic N) is 1. The maximum absolute atomic E-state index is 12.0. The molecule has 0 spiro atoms. The molecule has 19 heavy (non-hydrogen) atoms. The van der Waals surface area contributed by atoms with Crippen molar-refractivity contribution in [1.29, 1.82) is 0 Å². The molecular formula is C14H18BrClN2O. The Bertz CT molecular complexity index is 447. The number of likely N-dealkylation sites (tertiary alicyclic amines) is 1. The number of halogens is 2. The number of piperidine rings is 1. The minimum atomic E-state index is -0.108. The van der Waals surface area contributed by atoms with Crippen LogP contribution in [0.15, 0.2) is 22.7 Å². The van der Waals surface area contributed by atoms with Crippen LogP contribution < -0.4 is 5.32 Å². The van der Waals surface area contributed by atoms with E-state index in [0.717, 1.165) is 24.1 Å². The standard InChI is InChI=1S/C14H18BrClN2O/c15-11-4-5-13(16)12(10-11)14(19)17-6-9-18-7-2-1-3-8-18/h4-5,10H,1-3,6-9H2,(H,17,19). The fourth-order valence-corrected chi connectivity index (χ4v) is 2.84. The average molecular weight is 346 g/mol.